The van der Waals surface area contributed by atoms with Crippen molar-refractivity contribution in [2.24, 2.45) is 0 Å². The number of hydrogen-bond acceptors (Lipinski definition) is 1. The van der Waals surface area contributed by atoms with Gasteiger partial charge in [-0.3, -0.25) is 0 Å². The summed E-state index contributed by atoms with van der Waals surface area (Å²) in [5, 5.41) is 0.771. The van der Waals surface area contributed by atoms with Crippen molar-refractivity contribution in [1.82, 2.24) is 9.55 Å². The van der Waals surface area contributed by atoms with Crippen LogP contribution in [0.1, 0.15) is 5.56 Å². The van der Waals surface area contributed by atoms with E-state index in [9.17, 15) is 0 Å². The molecule has 0 N–H and O–H groups in total. The first kappa shape index (κ1) is 9.74. The normalized spacial score (nSPS) is 10.4. The van der Waals surface area contributed by atoms with Crippen LogP contribution in [0.3, 0.4) is 0 Å². The minimum Gasteiger partial charge on any atom is -0.333 e. The maximum absolute atomic E-state index is 6.08. The van der Waals surface area contributed by atoms with Crippen molar-refractivity contribution in [1.29, 1.82) is 0 Å². The molecular formula is C10H8BrClN2. The Balaban J connectivity index is 2.25. The highest BCUT2D eigenvalue weighted by molar-refractivity contribution is 9.10. The predicted molar refractivity (Wildman–Crippen MR) is 60.5 cm³/mol. The Labute approximate surface area is 95.7 Å². The monoisotopic (exact) mass is 270 g/mol. The second-order valence-electron chi connectivity index (χ2n) is 2.97. The Morgan fingerprint density at radius 2 is 2.29 bits per heavy atom. The van der Waals surface area contributed by atoms with Crippen molar-refractivity contribution < 1.29 is 0 Å². The highest BCUT2D eigenvalue weighted by Crippen LogP contribution is 2.21. The third-order valence-electron chi connectivity index (χ3n) is 1.93. The number of imidazole rings is 1. The van der Waals surface area contributed by atoms with E-state index in [1.807, 2.05) is 29.0 Å². The molecule has 0 saturated carbocycles. The SMILES string of the molecule is Clc1cc(Br)ccc1Cn1ccnc1. The maximum Gasteiger partial charge on any atom is 0.0949 e. The Hall–Kier alpha value is -0.800. The third-order valence-corrected chi connectivity index (χ3v) is 2.77. The molecule has 14 heavy (non-hydrogen) atoms. The first-order valence-electron chi connectivity index (χ1n) is 4.15. The molecule has 2 nitrogen and oxygen atoms in total. The number of benzene rings is 1. The van der Waals surface area contributed by atoms with Gasteiger partial charge in [-0.15, -0.1) is 0 Å². The van der Waals surface area contributed by atoms with Gasteiger partial charge in [-0.2, -0.15) is 0 Å². The van der Waals surface area contributed by atoms with Crippen molar-refractivity contribution in [3.05, 3.63) is 52.0 Å². The van der Waals surface area contributed by atoms with Crippen LogP contribution in [0, 0.1) is 0 Å². The zero-order valence-electron chi connectivity index (χ0n) is 7.32. The van der Waals surface area contributed by atoms with Gasteiger partial charge in [0, 0.05) is 28.4 Å². The Kier molecular flexibility index (Phi) is 2.89. The molecule has 0 atom stereocenters. The second-order valence-corrected chi connectivity index (χ2v) is 4.29. The highest BCUT2D eigenvalue weighted by atomic mass is 79.9. The summed E-state index contributed by atoms with van der Waals surface area (Å²) in [5.74, 6) is 0. The lowest BCUT2D eigenvalue weighted by molar-refractivity contribution is 0.797. The topological polar surface area (TPSA) is 17.8 Å². The molecule has 0 bridgehead atoms. The molecule has 0 unspecified atom stereocenters. The molecule has 0 saturated heterocycles. The lowest BCUT2D eigenvalue weighted by Gasteiger charge is -2.05. The fourth-order valence-electron chi connectivity index (χ4n) is 1.23. The molecule has 2 rings (SSSR count). The van der Waals surface area contributed by atoms with Gasteiger partial charge in [0.1, 0.15) is 0 Å². The largest absolute Gasteiger partial charge is 0.333 e. The van der Waals surface area contributed by atoms with E-state index in [0.717, 1.165) is 21.6 Å². The molecule has 1 aromatic carbocycles. The third kappa shape index (κ3) is 2.16. The van der Waals surface area contributed by atoms with Crippen LogP contribution in [-0.4, -0.2) is 9.55 Å². The van der Waals surface area contributed by atoms with E-state index < -0.39 is 0 Å². The van der Waals surface area contributed by atoms with E-state index in [1.165, 1.54) is 0 Å². The van der Waals surface area contributed by atoms with Gasteiger partial charge < -0.3 is 4.57 Å². The zero-order valence-corrected chi connectivity index (χ0v) is 9.66. The number of rotatable bonds is 2. The van der Waals surface area contributed by atoms with Gasteiger partial charge in [-0.1, -0.05) is 33.6 Å². The minimum atomic E-state index is 0.756. The van der Waals surface area contributed by atoms with Gasteiger partial charge in [0.05, 0.1) is 6.33 Å². The smallest absolute Gasteiger partial charge is 0.0949 e. The number of hydrogen-bond donors (Lipinski definition) is 0. The lowest BCUT2D eigenvalue weighted by atomic mass is 10.2. The molecule has 0 spiro atoms. The van der Waals surface area contributed by atoms with Gasteiger partial charge in [-0.05, 0) is 17.7 Å². The van der Waals surface area contributed by atoms with Gasteiger partial charge in [-0.25, -0.2) is 4.98 Å². The molecule has 2 aromatic rings. The van der Waals surface area contributed by atoms with E-state index in [2.05, 4.69) is 20.9 Å². The summed E-state index contributed by atoms with van der Waals surface area (Å²) in [6.45, 7) is 0.756. The quantitative estimate of drug-likeness (QED) is 0.819. The summed E-state index contributed by atoms with van der Waals surface area (Å²) in [7, 11) is 0. The van der Waals surface area contributed by atoms with Gasteiger partial charge >= 0.3 is 0 Å². The maximum atomic E-state index is 6.08. The molecule has 0 aliphatic carbocycles. The van der Waals surface area contributed by atoms with Crippen LogP contribution in [0.4, 0.5) is 0 Å². The molecule has 4 heteroatoms. The van der Waals surface area contributed by atoms with E-state index in [0.29, 0.717) is 0 Å². The molecule has 1 aromatic heterocycles. The van der Waals surface area contributed by atoms with Crippen LogP contribution < -0.4 is 0 Å². The van der Waals surface area contributed by atoms with Crippen LogP contribution in [-0.2, 0) is 6.54 Å². The Morgan fingerprint density at radius 3 is 2.93 bits per heavy atom. The number of halogens is 2. The molecule has 0 radical (unpaired) electrons. The van der Waals surface area contributed by atoms with E-state index in [-0.39, 0.29) is 0 Å². The predicted octanol–water partition coefficient (Wildman–Crippen LogP) is 3.35. The van der Waals surface area contributed by atoms with Crippen molar-refractivity contribution in [3.63, 3.8) is 0 Å². The van der Waals surface area contributed by atoms with Crippen LogP contribution in [0.15, 0.2) is 41.4 Å². The van der Waals surface area contributed by atoms with Crippen LogP contribution >= 0.6 is 27.5 Å². The Bertz CT molecular complexity index is 426. The molecular weight excluding hydrogens is 263 g/mol. The molecule has 1 heterocycles. The minimum absolute atomic E-state index is 0.756. The fourth-order valence-corrected chi connectivity index (χ4v) is 1.96. The summed E-state index contributed by atoms with van der Waals surface area (Å²) in [6.07, 6.45) is 5.45. The van der Waals surface area contributed by atoms with E-state index >= 15 is 0 Å². The van der Waals surface area contributed by atoms with Crippen LogP contribution in [0.5, 0.6) is 0 Å². The second kappa shape index (κ2) is 4.15. The molecule has 0 aliphatic rings. The van der Waals surface area contributed by atoms with Crippen LogP contribution in [0.2, 0.25) is 5.02 Å². The van der Waals surface area contributed by atoms with Gasteiger partial charge in [0.25, 0.3) is 0 Å². The highest BCUT2D eigenvalue weighted by Gasteiger charge is 2.01. The lowest BCUT2D eigenvalue weighted by Crippen LogP contribution is -1.96. The summed E-state index contributed by atoms with van der Waals surface area (Å²) in [4.78, 5) is 3.98. The van der Waals surface area contributed by atoms with Crippen LogP contribution in [0.25, 0.3) is 0 Å². The fraction of sp³-hybridized carbons (Fsp3) is 0.100. The summed E-state index contributed by atoms with van der Waals surface area (Å²) >= 11 is 9.45. The van der Waals surface area contributed by atoms with Crippen molar-refractivity contribution in [3.8, 4) is 0 Å². The first-order valence-corrected chi connectivity index (χ1v) is 5.32. The van der Waals surface area contributed by atoms with Crippen molar-refractivity contribution in [2.45, 2.75) is 6.54 Å². The summed E-state index contributed by atoms with van der Waals surface area (Å²) in [5.41, 5.74) is 1.09. The number of nitrogens with zero attached hydrogens (tertiary/aromatic N) is 2. The average Bonchev–Trinajstić information content (AvgIpc) is 2.62. The van der Waals surface area contributed by atoms with Gasteiger partial charge in [0.2, 0.25) is 0 Å². The summed E-state index contributed by atoms with van der Waals surface area (Å²) < 4.78 is 2.98. The molecule has 0 aliphatic heterocycles. The van der Waals surface area contributed by atoms with E-state index in [1.54, 1.807) is 12.5 Å². The standard InChI is InChI=1S/C10H8BrClN2/c11-9-2-1-8(10(12)5-9)6-14-4-3-13-7-14/h1-5,7H,6H2. The number of aromatic nitrogens is 2. The van der Waals surface area contributed by atoms with E-state index in [4.69, 9.17) is 11.6 Å². The summed E-state index contributed by atoms with van der Waals surface area (Å²) in [6, 6.07) is 5.89. The molecule has 0 amide bonds. The van der Waals surface area contributed by atoms with Crippen molar-refractivity contribution in [2.75, 3.05) is 0 Å². The molecule has 72 valence electrons. The van der Waals surface area contributed by atoms with Gasteiger partial charge in [0.15, 0.2) is 0 Å². The Morgan fingerprint density at radius 1 is 1.43 bits per heavy atom. The van der Waals surface area contributed by atoms with Crippen molar-refractivity contribution >= 4 is 27.5 Å². The first-order chi connectivity index (χ1) is 6.75. The molecule has 0 fully saturated rings. The zero-order chi connectivity index (χ0) is 9.97. The average molecular weight is 272 g/mol.